The Hall–Kier alpha value is -4.67. The normalized spacial score (nSPS) is 11.4. The fourth-order valence-corrected chi connectivity index (χ4v) is 5.35. The summed E-state index contributed by atoms with van der Waals surface area (Å²) in [6.45, 7) is 7.02. The molecule has 0 spiro atoms. The van der Waals surface area contributed by atoms with Gasteiger partial charge in [0.05, 0.1) is 11.9 Å². The van der Waals surface area contributed by atoms with Gasteiger partial charge in [0.25, 0.3) is 0 Å². The summed E-state index contributed by atoms with van der Waals surface area (Å²) in [4.78, 5) is 4.84. The molecule has 0 aliphatic carbocycles. The average molecular weight is 530 g/mol. The lowest BCUT2D eigenvalue weighted by Crippen LogP contribution is -2.08. The predicted octanol–water partition coefficient (Wildman–Crippen LogP) is 6.88. The quantitative estimate of drug-likeness (QED) is 0.187. The zero-order valence-corrected chi connectivity index (χ0v) is 22.5. The smallest absolute Gasteiger partial charge is 0.165 e. The van der Waals surface area contributed by atoms with Gasteiger partial charge in [-0.25, -0.2) is 4.98 Å². The highest BCUT2D eigenvalue weighted by atomic mass is 31.1. The Labute approximate surface area is 228 Å². The summed E-state index contributed by atoms with van der Waals surface area (Å²) in [5.41, 5.74) is 6.18. The van der Waals surface area contributed by atoms with Crippen LogP contribution in [0.1, 0.15) is 11.1 Å². The van der Waals surface area contributed by atoms with Crippen LogP contribution in [0.3, 0.4) is 0 Å². The number of phenolic OH excluding ortho intramolecular Hbond substituents is 1. The van der Waals surface area contributed by atoms with E-state index in [9.17, 15) is 5.11 Å². The highest BCUT2D eigenvalue weighted by molar-refractivity contribution is 7.46. The first-order chi connectivity index (χ1) is 19.1. The molecule has 2 heterocycles. The summed E-state index contributed by atoms with van der Waals surface area (Å²) in [5.74, 6) is 1.01. The number of hydrogen-bond acceptors (Lipinski definition) is 5. The number of fused-ring (bicyclic) bond motifs is 2. The second-order valence-corrected chi connectivity index (χ2v) is 10.3. The number of aromatic hydroxyl groups is 1. The van der Waals surface area contributed by atoms with Crippen LogP contribution in [-0.2, 0) is 6.54 Å². The van der Waals surface area contributed by atoms with Crippen molar-refractivity contribution in [2.75, 3.05) is 17.3 Å². The van der Waals surface area contributed by atoms with Gasteiger partial charge in [-0.15, -0.1) is 0 Å². The van der Waals surface area contributed by atoms with Crippen molar-refractivity contribution in [3.8, 4) is 17.0 Å². The highest BCUT2D eigenvalue weighted by Gasteiger charge is 2.14. The fourth-order valence-electron chi connectivity index (χ4n) is 4.78. The van der Waals surface area contributed by atoms with Gasteiger partial charge in [0.15, 0.2) is 5.65 Å². The molecule has 0 bridgehead atoms. The van der Waals surface area contributed by atoms with Crippen LogP contribution in [0.25, 0.3) is 33.4 Å². The minimum absolute atomic E-state index is 0.200. The van der Waals surface area contributed by atoms with E-state index in [1.165, 1.54) is 10.8 Å². The van der Waals surface area contributed by atoms with Crippen molar-refractivity contribution in [2.45, 2.75) is 6.54 Å². The molecule has 6 rings (SSSR count). The lowest BCUT2D eigenvalue weighted by atomic mass is 10.0. The number of phenols is 1. The fraction of sp³-hybridized carbons (Fsp3) is 0.0625. The molecular weight excluding hydrogens is 501 g/mol. The lowest BCUT2D eigenvalue weighted by Gasteiger charge is -2.15. The Morgan fingerprint density at radius 3 is 2.62 bits per heavy atom. The molecule has 6 nitrogen and oxygen atoms in total. The molecule has 0 radical (unpaired) electrons. The van der Waals surface area contributed by atoms with Crippen molar-refractivity contribution in [1.29, 1.82) is 0 Å². The van der Waals surface area contributed by atoms with E-state index < -0.39 is 0 Å². The minimum atomic E-state index is 0.200. The van der Waals surface area contributed by atoms with Gasteiger partial charge in [-0.1, -0.05) is 81.9 Å². The maximum atomic E-state index is 10.5. The van der Waals surface area contributed by atoms with Crippen LogP contribution in [0.15, 0.2) is 110 Å². The predicted molar refractivity (Wildman–Crippen MR) is 164 cm³/mol. The standard InChI is InChI=1S/C32H28N5OP/c1-21(25-15-8-11-23-10-3-4-13-26(23)25)35-24-12-7-9-22(17-24)19-33-31-18-28(27-14-5-6-16-29(27)38)36-32-30(39-2)20-34-37(31)32/h3-18,20,33,35,38-39H,1,19H2,2H3. The summed E-state index contributed by atoms with van der Waals surface area (Å²) in [6.07, 6.45) is 1.87. The van der Waals surface area contributed by atoms with Crippen molar-refractivity contribution >= 4 is 47.5 Å². The molecule has 6 aromatic rings. The van der Waals surface area contributed by atoms with Gasteiger partial charge in [-0.2, -0.15) is 9.61 Å². The Bertz CT molecular complexity index is 1820. The molecule has 1 atom stereocenters. The van der Waals surface area contributed by atoms with Crippen LogP contribution in [0.5, 0.6) is 5.75 Å². The largest absolute Gasteiger partial charge is 0.507 e. The van der Waals surface area contributed by atoms with E-state index in [1.54, 1.807) is 6.07 Å². The first kappa shape index (κ1) is 24.7. The van der Waals surface area contributed by atoms with Crippen LogP contribution < -0.4 is 15.9 Å². The van der Waals surface area contributed by atoms with Gasteiger partial charge >= 0.3 is 0 Å². The summed E-state index contributed by atoms with van der Waals surface area (Å²) < 4.78 is 1.83. The highest BCUT2D eigenvalue weighted by Crippen LogP contribution is 2.30. The van der Waals surface area contributed by atoms with E-state index in [0.717, 1.165) is 39.3 Å². The van der Waals surface area contributed by atoms with Gasteiger partial charge in [-0.05, 0) is 47.3 Å². The average Bonchev–Trinajstić information content (AvgIpc) is 3.39. The summed E-state index contributed by atoms with van der Waals surface area (Å²) in [6, 6.07) is 32.1. The molecule has 0 aliphatic rings. The van der Waals surface area contributed by atoms with E-state index in [0.29, 0.717) is 26.4 Å². The molecule has 3 N–H and O–H groups in total. The van der Waals surface area contributed by atoms with Gasteiger partial charge in [0, 0.05) is 40.4 Å². The molecule has 192 valence electrons. The van der Waals surface area contributed by atoms with Crippen molar-refractivity contribution in [2.24, 2.45) is 0 Å². The van der Waals surface area contributed by atoms with E-state index in [2.05, 4.69) is 77.5 Å². The Morgan fingerprint density at radius 1 is 0.949 bits per heavy atom. The van der Waals surface area contributed by atoms with Crippen molar-refractivity contribution < 1.29 is 5.11 Å². The molecule has 0 saturated carbocycles. The first-order valence-corrected chi connectivity index (χ1v) is 14.2. The van der Waals surface area contributed by atoms with E-state index in [1.807, 2.05) is 53.2 Å². The number of nitrogens with zero attached hydrogens (tertiary/aromatic N) is 3. The van der Waals surface area contributed by atoms with E-state index in [4.69, 9.17) is 4.98 Å². The molecule has 0 fully saturated rings. The second-order valence-electron chi connectivity index (χ2n) is 9.27. The molecule has 1 unspecified atom stereocenters. The molecule has 0 aliphatic heterocycles. The van der Waals surface area contributed by atoms with Crippen LogP contribution in [0, 0.1) is 0 Å². The SMILES string of the molecule is C=C(Nc1cccc(CNc2cc(-c3ccccc3O)nc3c(PC)cnn23)c1)c1cccc2ccccc12. The Morgan fingerprint density at radius 2 is 1.74 bits per heavy atom. The zero-order valence-electron chi connectivity index (χ0n) is 21.5. The molecule has 39 heavy (non-hydrogen) atoms. The number of para-hydroxylation sites is 1. The number of hydrogen-bond donors (Lipinski definition) is 3. The summed E-state index contributed by atoms with van der Waals surface area (Å²) in [5, 5.41) is 25.5. The minimum Gasteiger partial charge on any atom is -0.507 e. The van der Waals surface area contributed by atoms with Gasteiger partial charge in [-0.3, -0.25) is 0 Å². The number of benzene rings is 4. The van der Waals surface area contributed by atoms with Crippen LogP contribution in [0.2, 0.25) is 0 Å². The number of rotatable bonds is 8. The molecule has 7 heteroatoms. The number of anilines is 2. The first-order valence-electron chi connectivity index (χ1n) is 12.7. The third-order valence-corrected chi connectivity index (χ3v) is 7.62. The maximum Gasteiger partial charge on any atom is 0.165 e. The maximum absolute atomic E-state index is 10.5. The summed E-state index contributed by atoms with van der Waals surface area (Å²) in [7, 11) is 0.555. The number of aromatic nitrogens is 3. The third kappa shape index (κ3) is 4.95. The lowest BCUT2D eigenvalue weighted by molar-refractivity contribution is 0.477. The topological polar surface area (TPSA) is 74.5 Å². The number of nitrogens with one attached hydrogen (secondary N) is 2. The Kier molecular flexibility index (Phi) is 6.70. The van der Waals surface area contributed by atoms with Crippen LogP contribution in [-0.4, -0.2) is 26.4 Å². The van der Waals surface area contributed by atoms with Gasteiger partial charge < -0.3 is 15.7 Å². The molecular formula is C32H28N5OP. The van der Waals surface area contributed by atoms with Gasteiger partial charge in [0.2, 0.25) is 0 Å². The Balaban J connectivity index is 1.26. The zero-order chi connectivity index (χ0) is 26.8. The molecule has 2 aromatic heterocycles. The molecule has 4 aromatic carbocycles. The van der Waals surface area contributed by atoms with Gasteiger partial charge in [0.1, 0.15) is 11.6 Å². The third-order valence-electron chi connectivity index (χ3n) is 6.73. The van der Waals surface area contributed by atoms with Crippen LogP contribution in [0.4, 0.5) is 11.5 Å². The van der Waals surface area contributed by atoms with E-state index >= 15 is 0 Å². The van der Waals surface area contributed by atoms with Crippen molar-refractivity contribution in [1.82, 2.24) is 14.6 Å². The van der Waals surface area contributed by atoms with Crippen LogP contribution >= 0.6 is 8.58 Å². The molecule has 0 saturated heterocycles. The molecule has 0 amide bonds. The summed E-state index contributed by atoms with van der Waals surface area (Å²) >= 11 is 0. The van der Waals surface area contributed by atoms with Crippen molar-refractivity contribution in [3.63, 3.8) is 0 Å². The van der Waals surface area contributed by atoms with Crippen molar-refractivity contribution in [3.05, 3.63) is 121 Å². The van der Waals surface area contributed by atoms with E-state index in [-0.39, 0.29) is 5.75 Å². The second kappa shape index (κ2) is 10.6. The monoisotopic (exact) mass is 529 g/mol.